The van der Waals surface area contributed by atoms with Crippen molar-refractivity contribution in [1.29, 1.82) is 0 Å². The van der Waals surface area contributed by atoms with Gasteiger partial charge < -0.3 is 28.5 Å². The van der Waals surface area contributed by atoms with Crippen LogP contribution in [0.3, 0.4) is 0 Å². The number of halogens is 1. The van der Waals surface area contributed by atoms with Gasteiger partial charge >= 0.3 is 0 Å². The van der Waals surface area contributed by atoms with Crippen LogP contribution in [-0.2, 0) is 6.42 Å². The van der Waals surface area contributed by atoms with Gasteiger partial charge in [-0.2, -0.15) is 0 Å². The maximum Gasteiger partial charge on any atom is 0.269 e. The molecule has 4 nitrogen and oxygen atoms in total. The molecule has 0 spiro atoms. The van der Waals surface area contributed by atoms with Crippen LogP contribution in [0.25, 0.3) is 0 Å². The molecule has 0 heterocycles. The van der Waals surface area contributed by atoms with Crippen LogP contribution in [0.15, 0.2) is 24.3 Å². The molecular formula is C27H49IN2O2. The topological polar surface area (TPSA) is 43.1 Å². The van der Waals surface area contributed by atoms with Crippen LogP contribution in [-0.4, -0.2) is 34.6 Å². The third kappa shape index (κ3) is 8.92. The average Bonchev–Trinajstić information content (AvgIpc) is 2.78. The number of benzene rings is 1. The van der Waals surface area contributed by atoms with Crippen LogP contribution in [0.5, 0.6) is 0 Å². The molecule has 1 rings (SSSR count). The summed E-state index contributed by atoms with van der Waals surface area (Å²) in [5.74, 6) is 0. The summed E-state index contributed by atoms with van der Waals surface area (Å²) in [7, 11) is 0. The molecule has 1 aromatic carbocycles. The Bertz CT molecular complexity index is 640. The van der Waals surface area contributed by atoms with Crippen LogP contribution < -0.4 is 24.0 Å². The largest absolute Gasteiger partial charge is 1.00 e. The number of nitro benzene ring substituents is 1. The van der Waals surface area contributed by atoms with E-state index < -0.39 is 0 Å². The van der Waals surface area contributed by atoms with Crippen molar-refractivity contribution in [2.45, 2.75) is 117 Å². The smallest absolute Gasteiger partial charge is 0.269 e. The zero-order chi connectivity index (χ0) is 23.2. The molecule has 0 amide bonds. The van der Waals surface area contributed by atoms with E-state index in [1.807, 2.05) is 6.07 Å². The normalized spacial score (nSPS) is 14.9. The molecule has 186 valence electrons. The number of unbranched alkanes of at least 4 members (excludes halogenated alkanes) is 5. The Morgan fingerprint density at radius 3 is 2.12 bits per heavy atom. The second kappa shape index (κ2) is 16.9. The molecule has 32 heavy (non-hydrogen) atoms. The highest BCUT2D eigenvalue weighted by molar-refractivity contribution is 5.34. The predicted octanol–water partition coefficient (Wildman–Crippen LogP) is 5.09. The minimum absolute atomic E-state index is 0. The second-order valence-electron chi connectivity index (χ2n) is 9.43. The Morgan fingerprint density at radius 2 is 1.56 bits per heavy atom. The number of aryl methyl sites for hydroxylation is 1. The highest BCUT2D eigenvalue weighted by atomic mass is 127. The first-order chi connectivity index (χ1) is 14.9. The Kier molecular flexibility index (Phi) is 16.5. The molecule has 2 unspecified atom stereocenters. The van der Waals surface area contributed by atoms with E-state index in [1.54, 1.807) is 12.1 Å². The lowest BCUT2D eigenvalue weighted by Crippen LogP contribution is -3.00. The van der Waals surface area contributed by atoms with Crippen LogP contribution in [0, 0.1) is 10.1 Å². The van der Waals surface area contributed by atoms with E-state index >= 15 is 0 Å². The SMILES string of the molecule is CCCCCCCC[N+](CC)(CCC)C(CC)(CCC)CCc1cccc([N+](=O)[O-])c1.[I-]. The molecule has 1 aromatic rings. The lowest BCUT2D eigenvalue weighted by atomic mass is 9.79. The maximum absolute atomic E-state index is 11.2. The van der Waals surface area contributed by atoms with Crippen LogP contribution in [0.2, 0.25) is 0 Å². The zero-order valence-electron chi connectivity index (χ0n) is 21.5. The lowest BCUT2D eigenvalue weighted by molar-refractivity contribution is -0.976. The minimum Gasteiger partial charge on any atom is -1.00 e. The van der Waals surface area contributed by atoms with Crippen molar-refractivity contribution in [3.8, 4) is 0 Å². The average molecular weight is 561 g/mol. The monoisotopic (exact) mass is 560 g/mol. The summed E-state index contributed by atoms with van der Waals surface area (Å²) >= 11 is 0. The fourth-order valence-electron chi connectivity index (χ4n) is 5.82. The Balaban J connectivity index is 0.00000961. The van der Waals surface area contributed by atoms with Crippen molar-refractivity contribution in [2.75, 3.05) is 19.6 Å². The van der Waals surface area contributed by atoms with Gasteiger partial charge in [0, 0.05) is 25.0 Å². The Morgan fingerprint density at radius 1 is 0.875 bits per heavy atom. The first-order valence-corrected chi connectivity index (χ1v) is 13.0. The molecule has 0 aromatic heterocycles. The molecular weight excluding hydrogens is 511 g/mol. The lowest BCUT2D eigenvalue weighted by Gasteiger charge is -2.54. The first-order valence-electron chi connectivity index (χ1n) is 13.0. The van der Waals surface area contributed by atoms with Crippen LogP contribution >= 0.6 is 0 Å². The maximum atomic E-state index is 11.2. The molecule has 0 fully saturated rings. The van der Waals surface area contributed by atoms with Crippen molar-refractivity contribution >= 4 is 5.69 Å². The Hall–Kier alpha value is -0.690. The van der Waals surface area contributed by atoms with Crippen molar-refractivity contribution in [2.24, 2.45) is 0 Å². The van der Waals surface area contributed by atoms with Gasteiger partial charge in [-0.25, -0.2) is 0 Å². The summed E-state index contributed by atoms with van der Waals surface area (Å²) in [6.07, 6.45) is 14.9. The zero-order valence-corrected chi connectivity index (χ0v) is 23.7. The van der Waals surface area contributed by atoms with E-state index in [-0.39, 0.29) is 40.1 Å². The van der Waals surface area contributed by atoms with Gasteiger partial charge in [-0.15, -0.1) is 0 Å². The molecule has 0 N–H and O–H groups in total. The number of quaternary nitrogens is 1. The summed E-state index contributed by atoms with van der Waals surface area (Å²) in [6, 6.07) is 7.28. The third-order valence-corrected chi connectivity index (χ3v) is 7.58. The van der Waals surface area contributed by atoms with Crippen LogP contribution in [0.1, 0.15) is 111 Å². The molecule has 0 aliphatic heterocycles. The predicted molar refractivity (Wildman–Crippen MR) is 134 cm³/mol. The fraction of sp³-hybridized carbons (Fsp3) is 0.778. The number of nitrogens with zero attached hydrogens (tertiary/aromatic N) is 2. The van der Waals surface area contributed by atoms with E-state index in [9.17, 15) is 10.1 Å². The van der Waals surface area contributed by atoms with Gasteiger partial charge in [0.1, 0.15) is 0 Å². The van der Waals surface area contributed by atoms with Gasteiger partial charge in [0.05, 0.1) is 30.1 Å². The summed E-state index contributed by atoms with van der Waals surface area (Å²) in [5, 5.41) is 11.2. The Labute approximate surface area is 215 Å². The molecule has 0 bridgehead atoms. The number of nitro groups is 1. The number of hydrogen-bond acceptors (Lipinski definition) is 2. The third-order valence-electron chi connectivity index (χ3n) is 7.58. The van der Waals surface area contributed by atoms with Crippen molar-refractivity contribution in [3.63, 3.8) is 0 Å². The molecule has 2 atom stereocenters. The van der Waals surface area contributed by atoms with Crippen molar-refractivity contribution < 1.29 is 33.4 Å². The molecule has 0 saturated carbocycles. The van der Waals surface area contributed by atoms with Gasteiger partial charge in [0.15, 0.2) is 0 Å². The van der Waals surface area contributed by atoms with E-state index in [2.05, 4.69) is 40.7 Å². The van der Waals surface area contributed by atoms with Gasteiger partial charge in [0.2, 0.25) is 0 Å². The van der Waals surface area contributed by atoms with Gasteiger partial charge in [-0.1, -0.05) is 71.9 Å². The molecule has 5 heteroatoms. The molecule has 0 aliphatic rings. The van der Waals surface area contributed by atoms with Crippen LogP contribution in [0.4, 0.5) is 5.69 Å². The highest BCUT2D eigenvalue weighted by Gasteiger charge is 2.46. The number of rotatable bonds is 18. The van der Waals surface area contributed by atoms with Crippen molar-refractivity contribution in [3.05, 3.63) is 39.9 Å². The van der Waals surface area contributed by atoms with E-state index in [0.717, 1.165) is 18.4 Å². The van der Waals surface area contributed by atoms with E-state index in [1.165, 1.54) is 88.3 Å². The number of hydrogen-bond donors (Lipinski definition) is 0. The number of non-ortho nitro benzene ring substituents is 1. The highest BCUT2D eigenvalue weighted by Crippen LogP contribution is 2.39. The summed E-state index contributed by atoms with van der Waals surface area (Å²) in [5.41, 5.74) is 1.58. The van der Waals surface area contributed by atoms with Gasteiger partial charge in [-0.3, -0.25) is 10.1 Å². The quantitative estimate of drug-likeness (QED) is 0.0826. The molecule has 0 saturated heterocycles. The molecule has 0 radical (unpaired) electrons. The van der Waals surface area contributed by atoms with Crippen molar-refractivity contribution in [1.82, 2.24) is 0 Å². The first kappa shape index (κ1) is 31.3. The van der Waals surface area contributed by atoms with Gasteiger partial charge in [-0.05, 0) is 44.6 Å². The van der Waals surface area contributed by atoms with Gasteiger partial charge in [0.25, 0.3) is 5.69 Å². The second-order valence-corrected chi connectivity index (χ2v) is 9.43. The minimum atomic E-state index is -0.273. The summed E-state index contributed by atoms with van der Waals surface area (Å²) in [6.45, 7) is 15.4. The van der Waals surface area contributed by atoms with E-state index in [0.29, 0.717) is 0 Å². The molecule has 0 aliphatic carbocycles. The standard InChI is InChI=1S/C27H49N2O2.HI/c1-6-11-12-13-14-15-23-29(10-5,22-8-3)27(9-4,20-7-2)21-19-25-17-16-18-26(24-25)28(30)31;/h16-18,24H,6-15,19-23H2,1-5H3;1H/q+1;/p-1. The summed E-state index contributed by atoms with van der Waals surface area (Å²) in [4.78, 5) is 10.9. The van der Waals surface area contributed by atoms with E-state index in [4.69, 9.17) is 0 Å². The fourth-order valence-corrected chi connectivity index (χ4v) is 5.82. The summed E-state index contributed by atoms with van der Waals surface area (Å²) < 4.78 is 1.22.